The molecule has 16 heavy (non-hydrogen) atoms. The Morgan fingerprint density at radius 2 is 1.81 bits per heavy atom. The molecule has 0 saturated carbocycles. The average molecular weight is 246 g/mol. The van der Waals surface area contributed by atoms with Crippen molar-refractivity contribution in [2.24, 2.45) is 5.73 Å². The first kappa shape index (κ1) is 15.3. The summed E-state index contributed by atoms with van der Waals surface area (Å²) in [7, 11) is 1.50. The molecule has 0 unspecified atom stereocenters. The zero-order chi connectivity index (χ0) is 13.0. The van der Waals surface area contributed by atoms with Crippen molar-refractivity contribution in [2.45, 2.75) is 51.7 Å². The third kappa shape index (κ3) is 3.15. The highest BCUT2D eigenvalue weighted by Gasteiger charge is 2.36. The number of hydrogen-bond acceptors (Lipinski definition) is 3. The molecule has 0 heterocycles. The van der Waals surface area contributed by atoms with Crippen LogP contribution in [0.1, 0.15) is 40.5 Å². The lowest BCUT2D eigenvalue weighted by molar-refractivity contribution is -0.140. The molecular weight excluding hydrogens is 224 g/mol. The van der Waals surface area contributed by atoms with Gasteiger partial charge in [-0.2, -0.15) is 0 Å². The Labute approximate surface area is 103 Å². The number of amides is 1. The fourth-order valence-electron chi connectivity index (χ4n) is 1.30. The molecule has 3 N–H and O–H groups in total. The molecule has 0 aromatic carbocycles. The molecule has 0 bridgehead atoms. The van der Waals surface area contributed by atoms with Gasteiger partial charge in [-0.3, -0.25) is 4.79 Å². The van der Waals surface area contributed by atoms with E-state index in [2.05, 4.69) is 5.32 Å². The Kier molecular flexibility index (Phi) is 5.35. The van der Waals surface area contributed by atoms with Crippen LogP contribution >= 0.6 is 12.2 Å². The third-order valence-electron chi connectivity index (χ3n) is 3.09. The molecule has 0 spiro atoms. The molecule has 0 fully saturated rings. The van der Waals surface area contributed by atoms with E-state index < -0.39 is 11.1 Å². The number of ether oxygens (including phenoxy) is 1. The molecule has 4 nitrogen and oxygen atoms in total. The second-order valence-corrected chi connectivity index (χ2v) is 4.76. The van der Waals surface area contributed by atoms with E-state index in [1.165, 1.54) is 7.11 Å². The van der Waals surface area contributed by atoms with Crippen molar-refractivity contribution < 1.29 is 9.53 Å². The minimum Gasteiger partial charge on any atom is -0.391 e. The molecule has 1 amide bonds. The predicted molar refractivity (Wildman–Crippen MR) is 69.3 cm³/mol. The van der Waals surface area contributed by atoms with Crippen LogP contribution in [0.4, 0.5) is 0 Å². The van der Waals surface area contributed by atoms with Gasteiger partial charge in [0.1, 0.15) is 5.60 Å². The summed E-state index contributed by atoms with van der Waals surface area (Å²) in [6, 6.07) is 0. The van der Waals surface area contributed by atoms with E-state index in [9.17, 15) is 4.79 Å². The quantitative estimate of drug-likeness (QED) is 0.695. The van der Waals surface area contributed by atoms with Crippen LogP contribution in [0.2, 0.25) is 0 Å². The lowest BCUT2D eigenvalue weighted by atomic mass is 9.91. The van der Waals surface area contributed by atoms with Gasteiger partial charge in [-0.1, -0.05) is 26.1 Å². The van der Waals surface area contributed by atoms with E-state index in [1.54, 1.807) is 13.8 Å². The first-order valence-electron chi connectivity index (χ1n) is 5.43. The van der Waals surface area contributed by atoms with Crippen molar-refractivity contribution in [3.63, 3.8) is 0 Å². The summed E-state index contributed by atoms with van der Waals surface area (Å²) < 4.78 is 5.12. The maximum Gasteiger partial charge on any atom is 0.252 e. The predicted octanol–water partition coefficient (Wildman–Crippen LogP) is 1.37. The van der Waals surface area contributed by atoms with Gasteiger partial charge in [0, 0.05) is 7.11 Å². The standard InChI is InChI=1S/C11H22N2O2S/c1-6-11(7-2,8(12)16)13-9(14)10(3,4)15-5/h6-7H2,1-5H3,(H2,12,16)(H,13,14). The highest BCUT2D eigenvalue weighted by atomic mass is 32.1. The lowest BCUT2D eigenvalue weighted by Crippen LogP contribution is -2.60. The van der Waals surface area contributed by atoms with Crippen LogP contribution in [-0.2, 0) is 9.53 Å². The number of rotatable bonds is 6. The van der Waals surface area contributed by atoms with E-state index in [0.29, 0.717) is 17.8 Å². The van der Waals surface area contributed by atoms with Gasteiger partial charge in [0.05, 0.1) is 10.5 Å². The minimum absolute atomic E-state index is 0.202. The number of methoxy groups -OCH3 is 1. The average Bonchev–Trinajstić information content (AvgIpc) is 2.25. The minimum atomic E-state index is -0.875. The second-order valence-electron chi connectivity index (χ2n) is 4.32. The van der Waals surface area contributed by atoms with Crippen molar-refractivity contribution in [2.75, 3.05) is 7.11 Å². The van der Waals surface area contributed by atoms with Crippen LogP contribution in [0.5, 0.6) is 0 Å². The molecule has 0 aromatic rings. The van der Waals surface area contributed by atoms with Gasteiger partial charge in [-0.05, 0) is 26.7 Å². The first-order valence-corrected chi connectivity index (χ1v) is 5.84. The van der Waals surface area contributed by atoms with Crippen molar-refractivity contribution in [3.05, 3.63) is 0 Å². The van der Waals surface area contributed by atoms with Crippen LogP contribution in [0, 0.1) is 0 Å². The summed E-state index contributed by atoms with van der Waals surface area (Å²) in [5, 5.41) is 2.89. The Balaban J connectivity index is 4.92. The van der Waals surface area contributed by atoms with Crippen LogP contribution in [0.25, 0.3) is 0 Å². The molecule has 94 valence electrons. The van der Waals surface area contributed by atoms with E-state index in [-0.39, 0.29) is 5.91 Å². The number of carbonyl (C=O) groups is 1. The third-order valence-corrected chi connectivity index (χ3v) is 3.48. The number of thiocarbonyl (C=S) groups is 1. The summed E-state index contributed by atoms with van der Waals surface area (Å²) in [5.41, 5.74) is 4.22. The monoisotopic (exact) mass is 246 g/mol. The zero-order valence-corrected chi connectivity index (χ0v) is 11.5. The number of nitrogens with two attached hydrogens (primary N) is 1. The smallest absolute Gasteiger partial charge is 0.252 e. The van der Waals surface area contributed by atoms with Crippen molar-refractivity contribution >= 4 is 23.1 Å². The largest absolute Gasteiger partial charge is 0.391 e. The van der Waals surface area contributed by atoms with Crippen molar-refractivity contribution in [1.82, 2.24) is 5.32 Å². The van der Waals surface area contributed by atoms with Crippen molar-refractivity contribution in [3.8, 4) is 0 Å². The molecular formula is C11H22N2O2S. The topological polar surface area (TPSA) is 64.3 Å². The van der Waals surface area contributed by atoms with Crippen molar-refractivity contribution in [1.29, 1.82) is 0 Å². The molecule has 0 radical (unpaired) electrons. The molecule has 0 atom stereocenters. The lowest BCUT2D eigenvalue weighted by Gasteiger charge is -2.35. The Bertz CT molecular complexity index is 273. The maximum absolute atomic E-state index is 12.0. The summed E-state index contributed by atoms with van der Waals surface area (Å²) in [6.07, 6.45) is 1.34. The molecule has 5 heteroatoms. The van der Waals surface area contributed by atoms with E-state index in [0.717, 1.165) is 0 Å². The first-order chi connectivity index (χ1) is 7.25. The zero-order valence-electron chi connectivity index (χ0n) is 10.7. The van der Waals surface area contributed by atoms with E-state index >= 15 is 0 Å². The fourth-order valence-corrected chi connectivity index (χ4v) is 1.64. The molecule has 0 aromatic heterocycles. The van der Waals surface area contributed by atoms with Gasteiger partial charge in [-0.15, -0.1) is 0 Å². The van der Waals surface area contributed by atoms with Gasteiger partial charge in [-0.25, -0.2) is 0 Å². The summed E-state index contributed by atoms with van der Waals surface area (Å²) >= 11 is 5.03. The molecule has 0 aliphatic heterocycles. The summed E-state index contributed by atoms with van der Waals surface area (Å²) in [4.78, 5) is 12.3. The van der Waals surface area contributed by atoms with E-state index in [1.807, 2.05) is 13.8 Å². The SMILES string of the molecule is CCC(CC)(NC(=O)C(C)(C)OC)C(N)=S. The van der Waals surface area contributed by atoms with Gasteiger partial charge >= 0.3 is 0 Å². The van der Waals surface area contributed by atoms with Crippen LogP contribution < -0.4 is 11.1 Å². The van der Waals surface area contributed by atoms with Gasteiger partial charge in [0.2, 0.25) is 0 Å². The van der Waals surface area contributed by atoms with Crippen LogP contribution in [0.3, 0.4) is 0 Å². The Hall–Kier alpha value is -0.680. The van der Waals surface area contributed by atoms with Gasteiger partial charge < -0.3 is 15.8 Å². The van der Waals surface area contributed by atoms with E-state index in [4.69, 9.17) is 22.7 Å². The fraction of sp³-hybridized carbons (Fsp3) is 0.818. The van der Waals surface area contributed by atoms with Crippen LogP contribution in [0.15, 0.2) is 0 Å². The Morgan fingerprint density at radius 1 is 1.38 bits per heavy atom. The normalized spacial score (nSPS) is 12.3. The highest BCUT2D eigenvalue weighted by molar-refractivity contribution is 7.80. The number of nitrogens with one attached hydrogen (secondary N) is 1. The Morgan fingerprint density at radius 3 is 2.06 bits per heavy atom. The molecule has 0 saturated heterocycles. The van der Waals surface area contributed by atoms with Gasteiger partial charge in [0.15, 0.2) is 0 Å². The highest BCUT2D eigenvalue weighted by Crippen LogP contribution is 2.18. The maximum atomic E-state index is 12.0. The van der Waals surface area contributed by atoms with Crippen LogP contribution in [-0.4, -0.2) is 29.1 Å². The summed E-state index contributed by atoms with van der Waals surface area (Å²) in [5.74, 6) is -0.202. The summed E-state index contributed by atoms with van der Waals surface area (Å²) in [6.45, 7) is 7.31. The number of hydrogen-bond donors (Lipinski definition) is 2. The van der Waals surface area contributed by atoms with Gasteiger partial charge in [0.25, 0.3) is 5.91 Å². The number of carbonyl (C=O) groups excluding carboxylic acids is 1. The second kappa shape index (κ2) is 5.59. The molecule has 0 rings (SSSR count). The molecule has 0 aliphatic rings. The molecule has 0 aliphatic carbocycles.